The van der Waals surface area contributed by atoms with Gasteiger partial charge in [0, 0.05) is 0 Å². The average molecular weight is 660 g/mol. The Balaban J connectivity index is 1.39. The minimum absolute atomic E-state index is 0.0425. The van der Waals surface area contributed by atoms with Gasteiger partial charge in [0.25, 0.3) is 18.4 Å². The molecule has 3 aromatic carbocycles. The van der Waals surface area contributed by atoms with Gasteiger partial charge in [0.05, 0.1) is 17.8 Å². The number of hydrogen-bond donors (Lipinski definition) is 2. The zero-order chi connectivity index (χ0) is 32.7. The van der Waals surface area contributed by atoms with Gasteiger partial charge in [0.15, 0.2) is 23.8 Å². The van der Waals surface area contributed by atoms with Gasteiger partial charge in [-0.3, -0.25) is 8.75 Å². The van der Waals surface area contributed by atoms with Crippen LogP contribution in [-0.4, -0.2) is 66.3 Å². The number of aliphatic hydroxyl groups excluding tert-OH is 1. The van der Waals surface area contributed by atoms with E-state index in [2.05, 4.69) is 60.0 Å². The van der Waals surface area contributed by atoms with Crippen LogP contribution >= 0.6 is 0 Å². The summed E-state index contributed by atoms with van der Waals surface area (Å²) in [7, 11) is -7.34. The van der Waals surface area contributed by atoms with Crippen LogP contribution in [0.15, 0.2) is 102 Å². The van der Waals surface area contributed by atoms with E-state index >= 15 is 0 Å². The van der Waals surface area contributed by atoms with Crippen molar-refractivity contribution in [1.82, 2.24) is 19.5 Å². The summed E-state index contributed by atoms with van der Waals surface area (Å²) in [4.78, 5) is 12.6. The molecule has 1 saturated heterocycles. The van der Waals surface area contributed by atoms with E-state index in [1.807, 2.05) is 43.3 Å². The topological polar surface area (TPSA) is 152 Å². The summed E-state index contributed by atoms with van der Waals surface area (Å²) >= 11 is 0. The van der Waals surface area contributed by atoms with Gasteiger partial charge < -0.3 is 20.0 Å². The Hall–Kier alpha value is -3.98. The Morgan fingerprint density at radius 1 is 0.935 bits per heavy atom. The Labute approximate surface area is 269 Å². The van der Waals surface area contributed by atoms with E-state index in [-0.39, 0.29) is 22.4 Å². The molecule has 1 aliphatic heterocycles. The van der Waals surface area contributed by atoms with Crippen molar-refractivity contribution in [2.45, 2.75) is 62.2 Å². The molecule has 5 aromatic rings. The molecule has 1 aliphatic rings. The minimum atomic E-state index is -4.32. The van der Waals surface area contributed by atoms with Crippen molar-refractivity contribution in [2.75, 3.05) is 12.3 Å². The van der Waals surface area contributed by atoms with Crippen molar-refractivity contribution in [3.63, 3.8) is 0 Å². The number of anilines is 1. The van der Waals surface area contributed by atoms with Gasteiger partial charge in [0.1, 0.15) is 24.1 Å². The number of fused-ring (bicyclic) bond motifs is 1. The first-order chi connectivity index (χ1) is 21.9. The number of aromatic nitrogens is 4. The van der Waals surface area contributed by atoms with Gasteiger partial charge in [-0.1, -0.05) is 99.1 Å². The Morgan fingerprint density at radius 2 is 1.54 bits per heavy atom. The molecule has 13 heteroatoms. The summed E-state index contributed by atoms with van der Waals surface area (Å²) in [5.74, 6) is 0.151. The Morgan fingerprint density at radius 3 is 2.13 bits per heavy atom. The molecular weight excluding hydrogens is 623 g/mol. The fourth-order valence-electron chi connectivity index (χ4n) is 6.12. The molecule has 11 nitrogen and oxygen atoms in total. The highest BCUT2D eigenvalue weighted by molar-refractivity contribution is 7.86. The zero-order valence-electron chi connectivity index (χ0n) is 26.0. The van der Waals surface area contributed by atoms with E-state index in [1.165, 1.54) is 29.4 Å². The van der Waals surface area contributed by atoms with Crippen molar-refractivity contribution >= 4 is 45.8 Å². The number of ether oxygens (including phenoxy) is 1. The summed E-state index contributed by atoms with van der Waals surface area (Å²) < 4.78 is 47.8. The number of aryl methyl sites for hydroxylation is 1. The summed E-state index contributed by atoms with van der Waals surface area (Å²) in [6.45, 7) is 8.26. The number of nitrogens with zero attached hydrogens (tertiary/aromatic N) is 4. The van der Waals surface area contributed by atoms with Gasteiger partial charge in [-0.05, 0) is 34.5 Å². The summed E-state index contributed by atoms with van der Waals surface area (Å²) in [5, 5.41) is 13.5. The Kier molecular flexibility index (Phi) is 8.56. The molecule has 2 aromatic heterocycles. The van der Waals surface area contributed by atoms with E-state index < -0.39 is 43.0 Å². The number of nitrogens with two attached hydrogens (primary N) is 1. The van der Waals surface area contributed by atoms with Crippen molar-refractivity contribution < 1.29 is 26.9 Å². The van der Waals surface area contributed by atoms with E-state index in [4.69, 9.17) is 19.1 Å². The van der Waals surface area contributed by atoms with Crippen molar-refractivity contribution in [3.8, 4) is 0 Å². The van der Waals surface area contributed by atoms with Crippen LogP contribution in [0.3, 0.4) is 0 Å². The van der Waals surface area contributed by atoms with Crippen LogP contribution < -0.4 is 16.1 Å². The molecule has 0 bridgehead atoms. The SMILES string of the molecule is Cc1ccc(S(=O)(=O)O[C@@H]2[C@H](O)[C@@H](CO[Si](c3ccccc3)(c3ccccc3)C(C)(C)C)O[C@H]2n2cnc3c(N)ncnc32)cc1. The number of hydrogen-bond acceptors (Lipinski definition) is 10. The van der Waals surface area contributed by atoms with Gasteiger partial charge in [-0.15, -0.1) is 0 Å². The lowest BCUT2D eigenvalue weighted by Gasteiger charge is -2.43. The molecule has 0 saturated carbocycles. The van der Waals surface area contributed by atoms with Crippen LogP contribution in [0.1, 0.15) is 32.6 Å². The predicted octanol–water partition coefficient (Wildman–Crippen LogP) is 3.33. The molecule has 6 rings (SSSR count). The first-order valence-corrected chi connectivity index (χ1v) is 18.3. The molecular formula is C33H37N5O6SSi. The molecule has 0 aliphatic carbocycles. The van der Waals surface area contributed by atoms with Gasteiger partial charge in [-0.25, -0.2) is 15.0 Å². The van der Waals surface area contributed by atoms with E-state index in [0.29, 0.717) is 11.2 Å². The van der Waals surface area contributed by atoms with Crippen LogP contribution in [0, 0.1) is 6.92 Å². The van der Waals surface area contributed by atoms with Crippen molar-refractivity contribution in [2.24, 2.45) is 0 Å². The molecule has 3 N–H and O–H groups in total. The summed E-state index contributed by atoms with van der Waals surface area (Å²) in [5.41, 5.74) is 7.54. The first-order valence-electron chi connectivity index (χ1n) is 14.9. The number of nitrogen functional groups attached to an aromatic ring is 1. The highest BCUT2D eigenvalue weighted by atomic mass is 32.2. The molecule has 0 spiro atoms. The molecule has 0 radical (unpaired) electrons. The van der Waals surface area contributed by atoms with Crippen molar-refractivity contribution in [3.05, 3.63) is 103 Å². The maximum Gasteiger partial charge on any atom is 0.297 e. The minimum Gasteiger partial charge on any atom is -0.405 e. The lowest BCUT2D eigenvalue weighted by molar-refractivity contribution is -0.0455. The standard InChI is InChI=1S/C33H37N5O6SSi/c1-22-15-17-23(18-16-22)45(40,41)44-29-28(39)26(43-32(29)38-21-37-27-30(34)35-20-36-31(27)38)19-42-46(33(2,3)4,24-11-7-5-8-12-24)25-13-9-6-10-14-25/h5-18,20-21,26,28-29,32,39H,19H2,1-4H3,(H2,34,35,36)/t26-,28-,29-,32-/m1/s1. The highest BCUT2D eigenvalue weighted by Crippen LogP contribution is 2.40. The fourth-order valence-corrected chi connectivity index (χ4v) is 11.8. The van der Waals surface area contributed by atoms with E-state index in [1.54, 1.807) is 12.1 Å². The Bertz CT molecular complexity index is 1880. The second kappa shape index (κ2) is 12.3. The van der Waals surface area contributed by atoms with Crippen LogP contribution in [0.25, 0.3) is 11.2 Å². The maximum absolute atomic E-state index is 13.5. The lowest BCUT2D eigenvalue weighted by atomic mass is 10.1. The monoisotopic (exact) mass is 659 g/mol. The lowest BCUT2D eigenvalue weighted by Crippen LogP contribution is -2.67. The molecule has 0 unspecified atom stereocenters. The van der Waals surface area contributed by atoms with Crippen molar-refractivity contribution in [1.29, 1.82) is 0 Å². The van der Waals surface area contributed by atoms with Crippen LogP contribution in [-0.2, 0) is 23.5 Å². The van der Waals surface area contributed by atoms with Gasteiger partial charge >= 0.3 is 0 Å². The quantitative estimate of drug-likeness (QED) is 0.178. The van der Waals surface area contributed by atoms with Crippen LogP contribution in [0.4, 0.5) is 5.82 Å². The van der Waals surface area contributed by atoms with Crippen LogP contribution in [0.5, 0.6) is 0 Å². The van der Waals surface area contributed by atoms with E-state index in [9.17, 15) is 13.5 Å². The van der Waals surface area contributed by atoms with E-state index in [0.717, 1.165) is 15.9 Å². The number of aliphatic hydroxyl groups is 1. The number of imidazole rings is 1. The largest absolute Gasteiger partial charge is 0.405 e. The number of benzene rings is 3. The predicted molar refractivity (Wildman–Crippen MR) is 176 cm³/mol. The second-order valence-corrected chi connectivity index (χ2v) is 18.3. The fraction of sp³-hybridized carbons (Fsp3) is 0.303. The molecule has 240 valence electrons. The molecule has 46 heavy (non-hydrogen) atoms. The third-order valence-corrected chi connectivity index (χ3v) is 14.7. The highest BCUT2D eigenvalue weighted by Gasteiger charge is 2.53. The molecule has 1 fully saturated rings. The summed E-state index contributed by atoms with van der Waals surface area (Å²) in [6, 6.07) is 26.5. The molecule has 4 atom stereocenters. The average Bonchev–Trinajstić information content (AvgIpc) is 3.59. The van der Waals surface area contributed by atoms with Gasteiger partial charge in [0.2, 0.25) is 0 Å². The smallest absolute Gasteiger partial charge is 0.297 e. The summed E-state index contributed by atoms with van der Waals surface area (Å²) in [6.07, 6.45) is -2.17. The molecule has 3 heterocycles. The zero-order valence-corrected chi connectivity index (χ0v) is 27.8. The number of rotatable bonds is 9. The first kappa shape index (κ1) is 32.0. The third kappa shape index (κ3) is 5.74. The third-order valence-electron chi connectivity index (χ3n) is 8.40. The molecule has 0 amide bonds. The normalized spacial score (nSPS) is 20.7. The maximum atomic E-state index is 13.5. The second-order valence-electron chi connectivity index (χ2n) is 12.4. The van der Waals surface area contributed by atoms with Gasteiger partial charge in [-0.2, -0.15) is 8.42 Å². The van der Waals surface area contributed by atoms with Crippen LogP contribution in [0.2, 0.25) is 5.04 Å².